The maximum atomic E-state index is 13.1. The Hall–Kier alpha value is -2.79. The Morgan fingerprint density at radius 1 is 1.15 bits per heavy atom. The minimum Gasteiger partial charge on any atom is -0.497 e. The number of carbonyl (C=O) groups excluding carboxylic acids is 1. The number of quaternary nitrogens is 1. The van der Waals surface area contributed by atoms with Gasteiger partial charge in [0.2, 0.25) is 5.78 Å². The van der Waals surface area contributed by atoms with E-state index >= 15 is 0 Å². The fourth-order valence-corrected chi connectivity index (χ4v) is 3.99. The summed E-state index contributed by atoms with van der Waals surface area (Å²) in [6, 6.07) is 16.1. The van der Waals surface area contributed by atoms with Crippen molar-refractivity contribution in [1.29, 1.82) is 0 Å². The van der Waals surface area contributed by atoms with Gasteiger partial charge in [0.15, 0.2) is 0 Å². The first kappa shape index (κ1) is 17.6. The maximum absolute atomic E-state index is 13.1. The summed E-state index contributed by atoms with van der Waals surface area (Å²) in [5, 5.41) is 1.02. The average Bonchev–Trinajstić information content (AvgIpc) is 3.17. The predicted molar refractivity (Wildman–Crippen MR) is 108 cm³/mol. The molecule has 0 radical (unpaired) electrons. The number of benzene rings is 2. The fourth-order valence-electron chi connectivity index (χ4n) is 3.99. The Kier molecular flexibility index (Phi) is 4.86. The van der Waals surface area contributed by atoms with Gasteiger partial charge < -0.3 is 19.5 Å². The van der Waals surface area contributed by atoms with Gasteiger partial charge in [-0.25, -0.2) is 0 Å². The zero-order valence-electron chi connectivity index (χ0n) is 15.9. The Morgan fingerprint density at radius 2 is 1.93 bits per heavy atom. The molecule has 0 amide bonds. The summed E-state index contributed by atoms with van der Waals surface area (Å²) in [5.41, 5.74) is 3.01. The summed E-state index contributed by atoms with van der Waals surface area (Å²) in [7, 11) is 1.69. The van der Waals surface area contributed by atoms with Crippen LogP contribution in [0.1, 0.15) is 17.3 Å². The topological polar surface area (TPSA) is 49.8 Å². The second-order valence-corrected chi connectivity index (χ2v) is 7.18. The van der Waals surface area contributed by atoms with Crippen molar-refractivity contribution in [3.8, 4) is 5.75 Å². The van der Waals surface area contributed by atoms with Crippen molar-refractivity contribution >= 4 is 22.4 Å². The molecule has 2 heterocycles. The molecular weight excluding hydrogens is 338 g/mol. The third-order valence-corrected chi connectivity index (χ3v) is 5.68. The van der Waals surface area contributed by atoms with E-state index < -0.39 is 0 Å². The van der Waals surface area contributed by atoms with Gasteiger partial charge in [-0.15, -0.1) is 0 Å². The molecule has 0 aliphatic carbocycles. The molecule has 0 spiro atoms. The monoisotopic (exact) mass is 364 g/mol. The number of para-hydroxylation sites is 1. The maximum Gasteiger partial charge on any atom is 0.221 e. The molecule has 1 atom stereocenters. The first-order valence-electron chi connectivity index (χ1n) is 9.51. The highest BCUT2D eigenvalue weighted by atomic mass is 16.5. The molecule has 1 fully saturated rings. The van der Waals surface area contributed by atoms with Crippen LogP contribution in [0.4, 0.5) is 5.69 Å². The standard InChI is InChI=1S/C22H25N3O2/c1-16(22(26)20-15-23-21-9-4-3-8-19(20)21)24-10-12-25(13-11-24)17-6-5-7-18(14-17)27-2/h3-9,14-16,23H,10-13H2,1-2H3/p+1/t16-/m1/s1. The van der Waals surface area contributed by atoms with Gasteiger partial charge in [0.25, 0.3) is 0 Å². The number of hydrogen-bond donors (Lipinski definition) is 2. The second kappa shape index (κ2) is 7.45. The minimum absolute atomic E-state index is 0.0448. The van der Waals surface area contributed by atoms with Crippen LogP contribution in [0.15, 0.2) is 54.7 Å². The van der Waals surface area contributed by atoms with Gasteiger partial charge in [-0.05, 0) is 25.1 Å². The number of nitrogens with zero attached hydrogens (tertiary/aromatic N) is 1. The second-order valence-electron chi connectivity index (χ2n) is 7.18. The molecule has 140 valence electrons. The molecule has 0 saturated carbocycles. The average molecular weight is 364 g/mol. The number of H-pyrrole nitrogens is 1. The first-order chi connectivity index (χ1) is 13.2. The van der Waals surface area contributed by atoms with Crippen molar-refractivity contribution in [3.05, 3.63) is 60.3 Å². The van der Waals surface area contributed by atoms with Crippen molar-refractivity contribution < 1.29 is 14.4 Å². The lowest BCUT2D eigenvalue weighted by Crippen LogP contribution is -3.18. The lowest BCUT2D eigenvalue weighted by molar-refractivity contribution is -0.914. The number of anilines is 1. The van der Waals surface area contributed by atoms with Crippen LogP contribution in [0.2, 0.25) is 0 Å². The molecular formula is C22H26N3O2+. The largest absolute Gasteiger partial charge is 0.497 e. The molecule has 5 nitrogen and oxygen atoms in total. The van der Waals surface area contributed by atoms with Gasteiger partial charge in [0, 0.05) is 34.4 Å². The van der Waals surface area contributed by atoms with Crippen LogP contribution in [0.3, 0.4) is 0 Å². The van der Waals surface area contributed by atoms with Crippen LogP contribution in [-0.2, 0) is 0 Å². The number of fused-ring (bicyclic) bond motifs is 1. The van der Waals surface area contributed by atoms with Gasteiger partial charge in [-0.3, -0.25) is 4.79 Å². The van der Waals surface area contributed by atoms with Crippen LogP contribution in [0.25, 0.3) is 10.9 Å². The lowest BCUT2D eigenvalue weighted by atomic mass is 10.0. The molecule has 5 heteroatoms. The highest BCUT2D eigenvalue weighted by Gasteiger charge is 2.31. The summed E-state index contributed by atoms with van der Waals surface area (Å²) in [6.07, 6.45) is 1.86. The molecule has 1 aliphatic heterocycles. The number of rotatable bonds is 5. The third kappa shape index (κ3) is 3.43. The number of piperazine rings is 1. The Bertz CT molecular complexity index is 941. The van der Waals surface area contributed by atoms with Crippen molar-refractivity contribution in [3.63, 3.8) is 0 Å². The minimum atomic E-state index is -0.0448. The Labute approximate surface area is 159 Å². The number of aromatic nitrogens is 1. The van der Waals surface area contributed by atoms with Crippen molar-refractivity contribution in [2.75, 3.05) is 38.2 Å². The fraction of sp³-hybridized carbons (Fsp3) is 0.318. The molecule has 27 heavy (non-hydrogen) atoms. The zero-order chi connectivity index (χ0) is 18.8. The SMILES string of the molecule is COc1cccc(N2CC[NH+]([C@H](C)C(=O)c3c[nH]c4ccccc34)CC2)c1. The number of ketones is 1. The summed E-state index contributed by atoms with van der Waals surface area (Å²) in [4.78, 5) is 20.0. The normalized spacial score (nSPS) is 16.4. The summed E-state index contributed by atoms with van der Waals surface area (Å²) in [5.74, 6) is 1.10. The molecule has 1 aliphatic rings. The van der Waals surface area contributed by atoms with Crippen molar-refractivity contribution in [2.45, 2.75) is 13.0 Å². The summed E-state index contributed by atoms with van der Waals surface area (Å²) < 4.78 is 5.33. The van der Waals surface area contributed by atoms with Crippen LogP contribution >= 0.6 is 0 Å². The predicted octanol–water partition coefficient (Wildman–Crippen LogP) is 2.15. The van der Waals surface area contributed by atoms with Crippen LogP contribution in [-0.4, -0.2) is 50.1 Å². The smallest absolute Gasteiger partial charge is 0.221 e. The highest BCUT2D eigenvalue weighted by molar-refractivity contribution is 6.09. The zero-order valence-corrected chi connectivity index (χ0v) is 15.9. The molecule has 3 aromatic rings. The molecule has 1 saturated heterocycles. The highest BCUT2D eigenvalue weighted by Crippen LogP contribution is 2.21. The molecule has 1 aromatic heterocycles. The van der Waals surface area contributed by atoms with E-state index in [0.717, 1.165) is 48.4 Å². The number of hydrogen-bond acceptors (Lipinski definition) is 3. The van der Waals surface area contributed by atoms with Crippen LogP contribution in [0, 0.1) is 0 Å². The van der Waals surface area contributed by atoms with Crippen LogP contribution < -0.4 is 14.5 Å². The summed E-state index contributed by atoms with van der Waals surface area (Å²) >= 11 is 0. The van der Waals surface area contributed by atoms with Gasteiger partial charge in [0.05, 0.1) is 33.3 Å². The van der Waals surface area contributed by atoms with Gasteiger partial charge in [0.1, 0.15) is 11.8 Å². The molecule has 2 aromatic carbocycles. The number of methoxy groups -OCH3 is 1. The first-order valence-corrected chi connectivity index (χ1v) is 9.51. The molecule has 2 N–H and O–H groups in total. The van der Waals surface area contributed by atoms with Crippen molar-refractivity contribution in [1.82, 2.24) is 4.98 Å². The van der Waals surface area contributed by atoms with Gasteiger partial charge in [-0.1, -0.05) is 24.3 Å². The number of Topliss-reactive ketones (excluding diaryl/α,β-unsaturated/α-hetero) is 1. The van der Waals surface area contributed by atoms with Crippen molar-refractivity contribution in [2.24, 2.45) is 0 Å². The van der Waals surface area contributed by atoms with E-state index in [0.29, 0.717) is 0 Å². The van der Waals surface area contributed by atoms with E-state index in [-0.39, 0.29) is 11.8 Å². The lowest BCUT2D eigenvalue weighted by Gasteiger charge is -2.36. The van der Waals surface area contributed by atoms with Gasteiger partial charge in [-0.2, -0.15) is 0 Å². The molecule has 4 rings (SSSR count). The third-order valence-electron chi connectivity index (χ3n) is 5.68. The van der Waals surface area contributed by atoms with E-state index in [2.05, 4.69) is 28.9 Å². The summed E-state index contributed by atoms with van der Waals surface area (Å²) in [6.45, 7) is 5.83. The number of aromatic amines is 1. The Morgan fingerprint density at radius 3 is 2.70 bits per heavy atom. The number of carbonyl (C=O) groups is 1. The molecule has 0 unspecified atom stereocenters. The number of ether oxygens (including phenoxy) is 1. The quantitative estimate of drug-likeness (QED) is 0.682. The van der Waals surface area contributed by atoms with Gasteiger partial charge >= 0.3 is 0 Å². The van der Waals surface area contributed by atoms with E-state index in [1.54, 1.807) is 7.11 Å². The van der Waals surface area contributed by atoms with E-state index in [4.69, 9.17) is 4.74 Å². The van der Waals surface area contributed by atoms with E-state index in [1.807, 2.05) is 42.6 Å². The van der Waals surface area contributed by atoms with Crippen LogP contribution in [0.5, 0.6) is 5.75 Å². The van der Waals surface area contributed by atoms with E-state index in [1.165, 1.54) is 10.6 Å². The number of nitrogens with one attached hydrogen (secondary N) is 2. The molecule has 0 bridgehead atoms. The Balaban J connectivity index is 1.43. The van der Waals surface area contributed by atoms with E-state index in [9.17, 15) is 4.79 Å².